The molecule has 0 spiro atoms. The van der Waals surface area contributed by atoms with E-state index in [1.165, 1.54) is 19.2 Å². The van der Waals surface area contributed by atoms with Crippen LogP contribution < -0.4 is 10.5 Å². The van der Waals surface area contributed by atoms with E-state index in [1.807, 2.05) is 0 Å². The minimum absolute atomic E-state index is 0.00102. The number of rotatable bonds is 7. The molecule has 6 nitrogen and oxygen atoms in total. The molecule has 0 radical (unpaired) electrons. The predicted octanol–water partition coefficient (Wildman–Crippen LogP) is 4.94. The van der Waals surface area contributed by atoms with Crippen LogP contribution in [-0.2, 0) is 4.74 Å². The highest BCUT2D eigenvalue weighted by Gasteiger charge is 2.27. The van der Waals surface area contributed by atoms with Crippen LogP contribution in [0.1, 0.15) is 47.0 Å². The number of nitrogens with two attached hydrogens (primary N) is 1. The molecule has 31 heavy (non-hydrogen) atoms. The van der Waals surface area contributed by atoms with E-state index >= 15 is 4.39 Å². The lowest BCUT2D eigenvalue weighted by molar-refractivity contribution is 0.102. The first-order chi connectivity index (χ1) is 14.8. The molecule has 0 aliphatic carbocycles. The molecule has 1 amide bonds. The van der Waals surface area contributed by atoms with Crippen molar-refractivity contribution in [2.45, 2.75) is 20.0 Å². The fourth-order valence-corrected chi connectivity index (χ4v) is 3.41. The summed E-state index contributed by atoms with van der Waals surface area (Å²) in [4.78, 5) is 28.4. The third kappa shape index (κ3) is 4.09. The van der Waals surface area contributed by atoms with Crippen LogP contribution in [0.5, 0.6) is 5.88 Å². The average Bonchev–Trinajstić information content (AvgIpc) is 2.72. The summed E-state index contributed by atoms with van der Waals surface area (Å²) in [6.45, 7) is 7.09. The molecule has 0 bridgehead atoms. The quantitative estimate of drug-likeness (QED) is 0.540. The molecule has 3 aromatic rings. The molecule has 1 heterocycles. The van der Waals surface area contributed by atoms with Gasteiger partial charge in [0.25, 0.3) is 0 Å². The molecule has 160 valence electrons. The SMILES string of the molecule is C=Cc1c(C(C)OC(N)=O)cc(F)c(C(=O)c2cccc3c(OCC)nccc23)c1F. The largest absolute Gasteiger partial charge is 0.478 e. The van der Waals surface area contributed by atoms with Crippen LogP contribution in [0.3, 0.4) is 0 Å². The van der Waals surface area contributed by atoms with Crippen LogP contribution in [0.15, 0.2) is 43.1 Å². The van der Waals surface area contributed by atoms with Crippen molar-refractivity contribution in [3.05, 3.63) is 77.0 Å². The topological polar surface area (TPSA) is 91.5 Å². The van der Waals surface area contributed by atoms with Gasteiger partial charge in [0.05, 0.1) is 12.2 Å². The van der Waals surface area contributed by atoms with E-state index in [0.717, 1.165) is 12.1 Å². The Morgan fingerprint density at radius 3 is 2.65 bits per heavy atom. The molecular formula is C23H20F2N2O4. The fraction of sp³-hybridized carbons (Fsp3) is 0.174. The zero-order valence-electron chi connectivity index (χ0n) is 16.9. The van der Waals surface area contributed by atoms with Crippen molar-refractivity contribution in [2.75, 3.05) is 6.61 Å². The highest BCUT2D eigenvalue weighted by atomic mass is 19.1. The van der Waals surface area contributed by atoms with E-state index in [1.54, 1.807) is 25.1 Å². The lowest BCUT2D eigenvalue weighted by Crippen LogP contribution is -2.18. The van der Waals surface area contributed by atoms with Crippen LogP contribution in [0, 0.1) is 11.6 Å². The Morgan fingerprint density at radius 2 is 2.00 bits per heavy atom. The lowest BCUT2D eigenvalue weighted by atomic mass is 9.92. The van der Waals surface area contributed by atoms with E-state index < -0.39 is 35.2 Å². The van der Waals surface area contributed by atoms with Gasteiger partial charge in [-0.25, -0.2) is 18.6 Å². The molecule has 3 rings (SSSR count). The van der Waals surface area contributed by atoms with Gasteiger partial charge in [-0.3, -0.25) is 4.79 Å². The van der Waals surface area contributed by atoms with E-state index in [4.69, 9.17) is 15.2 Å². The summed E-state index contributed by atoms with van der Waals surface area (Å²) in [6, 6.07) is 7.28. The maximum atomic E-state index is 15.3. The van der Waals surface area contributed by atoms with E-state index in [0.29, 0.717) is 23.3 Å². The molecule has 1 atom stereocenters. The molecule has 0 aliphatic heterocycles. The van der Waals surface area contributed by atoms with Gasteiger partial charge in [0.1, 0.15) is 17.7 Å². The normalized spacial score (nSPS) is 11.7. The van der Waals surface area contributed by atoms with Crippen molar-refractivity contribution < 1.29 is 27.8 Å². The Kier molecular flexibility index (Phi) is 6.29. The first-order valence-corrected chi connectivity index (χ1v) is 9.45. The number of hydrogen-bond acceptors (Lipinski definition) is 5. The Morgan fingerprint density at radius 1 is 1.26 bits per heavy atom. The van der Waals surface area contributed by atoms with Gasteiger partial charge in [-0.15, -0.1) is 0 Å². The smallest absolute Gasteiger partial charge is 0.405 e. The summed E-state index contributed by atoms with van der Waals surface area (Å²) in [5.41, 5.74) is 4.18. The van der Waals surface area contributed by atoms with Crippen molar-refractivity contribution in [1.29, 1.82) is 0 Å². The molecule has 8 heteroatoms. The van der Waals surface area contributed by atoms with Crippen molar-refractivity contribution in [3.63, 3.8) is 0 Å². The standard InChI is InChI=1S/C23H20F2N2O4/c1-4-13-17(12(3)31-23(26)29)11-18(24)19(20(13)25)21(28)15-7-6-8-16-14(15)9-10-27-22(16)30-5-2/h4,6-12H,1,5H2,2-3H3,(H2,26,29). The van der Waals surface area contributed by atoms with Crippen molar-refractivity contribution >= 4 is 28.7 Å². The van der Waals surface area contributed by atoms with Crippen molar-refractivity contribution in [1.82, 2.24) is 4.98 Å². The molecule has 2 aromatic carbocycles. The third-order valence-electron chi connectivity index (χ3n) is 4.75. The van der Waals surface area contributed by atoms with E-state index in [-0.39, 0.29) is 16.7 Å². The molecule has 0 fully saturated rings. The number of amides is 1. The number of carbonyl (C=O) groups excluding carboxylic acids is 2. The molecular weight excluding hydrogens is 406 g/mol. The van der Waals surface area contributed by atoms with Crippen LogP contribution >= 0.6 is 0 Å². The summed E-state index contributed by atoms with van der Waals surface area (Å²) < 4.78 is 40.5. The summed E-state index contributed by atoms with van der Waals surface area (Å²) >= 11 is 0. The van der Waals surface area contributed by atoms with Gasteiger partial charge in [0, 0.05) is 28.3 Å². The highest BCUT2D eigenvalue weighted by molar-refractivity contribution is 6.17. The number of primary amides is 1. The highest BCUT2D eigenvalue weighted by Crippen LogP contribution is 2.32. The van der Waals surface area contributed by atoms with Gasteiger partial charge >= 0.3 is 6.09 Å². The predicted molar refractivity (Wildman–Crippen MR) is 112 cm³/mol. The molecule has 2 N–H and O–H groups in total. The summed E-state index contributed by atoms with van der Waals surface area (Å²) in [5, 5.41) is 0.986. The van der Waals surface area contributed by atoms with E-state index in [9.17, 15) is 14.0 Å². The van der Waals surface area contributed by atoms with Crippen LogP contribution in [-0.4, -0.2) is 23.5 Å². The second kappa shape index (κ2) is 8.91. The average molecular weight is 426 g/mol. The van der Waals surface area contributed by atoms with Crippen molar-refractivity contribution in [2.24, 2.45) is 5.73 Å². The summed E-state index contributed by atoms with van der Waals surface area (Å²) in [7, 11) is 0. The number of ether oxygens (including phenoxy) is 2. The lowest BCUT2D eigenvalue weighted by Gasteiger charge is -2.18. The van der Waals surface area contributed by atoms with Gasteiger partial charge < -0.3 is 15.2 Å². The number of halogens is 2. The van der Waals surface area contributed by atoms with E-state index in [2.05, 4.69) is 11.6 Å². The fourth-order valence-electron chi connectivity index (χ4n) is 3.41. The molecule has 1 aromatic heterocycles. The third-order valence-corrected chi connectivity index (χ3v) is 4.75. The molecule has 1 unspecified atom stereocenters. The van der Waals surface area contributed by atoms with Gasteiger partial charge in [0.2, 0.25) is 5.88 Å². The number of ketones is 1. The minimum atomic E-state index is -1.11. The first-order valence-electron chi connectivity index (χ1n) is 9.45. The Labute approximate surface area is 177 Å². The number of aromatic nitrogens is 1. The molecule has 0 saturated carbocycles. The maximum absolute atomic E-state index is 15.3. The van der Waals surface area contributed by atoms with Crippen molar-refractivity contribution in [3.8, 4) is 5.88 Å². The minimum Gasteiger partial charge on any atom is -0.478 e. The number of hydrogen-bond donors (Lipinski definition) is 1. The van der Waals surface area contributed by atoms with Crippen LogP contribution in [0.4, 0.5) is 13.6 Å². The van der Waals surface area contributed by atoms with Gasteiger partial charge in [0.15, 0.2) is 5.78 Å². The number of pyridine rings is 1. The second-order valence-electron chi connectivity index (χ2n) is 6.61. The monoisotopic (exact) mass is 426 g/mol. The summed E-state index contributed by atoms with van der Waals surface area (Å²) in [6.07, 6.45) is 0.439. The Balaban J connectivity index is 2.18. The van der Waals surface area contributed by atoms with Gasteiger partial charge in [-0.2, -0.15) is 0 Å². The second-order valence-corrected chi connectivity index (χ2v) is 6.61. The molecule has 0 aliphatic rings. The summed E-state index contributed by atoms with van der Waals surface area (Å²) in [5.74, 6) is -2.74. The molecule has 0 saturated heterocycles. The number of nitrogens with zero attached hydrogens (tertiary/aromatic N) is 1. The number of fused-ring (bicyclic) bond motifs is 1. The Hall–Kier alpha value is -3.81. The number of carbonyl (C=O) groups is 2. The number of benzene rings is 2. The van der Waals surface area contributed by atoms with Crippen LogP contribution in [0.2, 0.25) is 0 Å². The Bertz CT molecular complexity index is 1190. The van der Waals surface area contributed by atoms with Crippen LogP contribution in [0.25, 0.3) is 16.8 Å². The zero-order valence-corrected chi connectivity index (χ0v) is 16.9. The zero-order chi connectivity index (χ0) is 22.7. The van der Waals surface area contributed by atoms with Gasteiger partial charge in [-0.05, 0) is 37.4 Å². The maximum Gasteiger partial charge on any atom is 0.405 e. The first kappa shape index (κ1) is 21.9. The van der Waals surface area contributed by atoms with Gasteiger partial charge in [-0.1, -0.05) is 24.8 Å².